The van der Waals surface area contributed by atoms with Crippen molar-refractivity contribution in [2.45, 2.75) is 6.92 Å². The minimum absolute atomic E-state index is 0.339. The Bertz CT molecular complexity index is 882. The van der Waals surface area contributed by atoms with Gasteiger partial charge in [0.05, 0.1) is 5.03 Å². The molecular weight excluding hydrogens is 332 g/mol. The SMILES string of the molecule is CC(=O)Oc1ccc(C(=C(Cl)c2ccccc2)c2ccccc2)cc1. The fourth-order valence-electron chi connectivity index (χ4n) is 2.61. The zero-order valence-corrected chi connectivity index (χ0v) is 14.5. The maximum atomic E-state index is 11.1. The molecule has 0 aromatic heterocycles. The lowest BCUT2D eigenvalue weighted by molar-refractivity contribution is -0.131. The van der Waals surface area contributed by atoms with Crippen LogP contribution in [0.4, 0.5) is 0 Å². The third-order valence-electron chi connectivity index (χ3n) is 3.71. The molecule has 0 radical (unpaired) electrons. The van der Waals surface area contributed by atoms with Crippen LogP contribution in [0.15, 0.2) is 84.9 Å². The van der Waals surface area contributed by atoms with Gasteiger partial charge in [-0.15, -0.1) is 0 Å². The summed E-state index contributed by atoms with van der Waals surface area (Å²) in [5, 5.41) is 0.673. The Hall–Kier alpha value is -2.84. The molecule has 3 aromatic carbocycles. The first-order chi connectivity index (χ1) is 12.1. The minimum atomic E-state index is -0.339. The van der Waals surface area contributed by atoms with E-state index < -0.39 is 0 Å². The fourth-order valence-corrected chi connectivity index (χ4v) is 2.95. The van der Waals surface area contributed by atoms with Gasteiger partial charge in [-0.25, -0.2) is 0 Å². The van der Waals surface area contributed by atoms with Gasteiger partial charge in [0.25, 0.3) is 0 Å². The summed E-state index contributed by atoms with van der Waals surface area (Å²) in [6.07, 6.45) is 0. The normalized spacial score (nSPS) is 11.6. The number of carbonyl (C=O) groups is 1. The Morgan fingerprint density at radius 3 is 1.72 bits per heavy atom. The van der Waals surface area contributed by atoms with E-state index in [4.69, 9.17) is 16.3 Å². The summed E-state index contributed by atoms with van der Waals surface area (Å²) in [5.74, 6) is 0.174. The molecular formula is C22H17ClO2. The summed E-state index contributed by atoms with van der Waals surface area (Å²) in [4.78, 5) is 11.1. The Labute approximate surface area is 152 Å². The van der Waals surface area contributed by atoms with Crippen LogP contribution in [0.2, 0.25) is 0 Å². The first-order valence-electron chi connectivity index (χ1n) is 7.94. The number of halogens is 1. The zero-order chi connectivity index (χ0) is 17.6. The minimum Gasteiger partial charge on any atom is -0.427 e. The average molecular weight is 349 g/mol. The van der Waals surface area contributed by atoms with Crippen molar-refractivity contribution in [3.05, 3.63) is 102 Å². The molecule has 0 unspecified atom stereocenters. The van der Waals surface area contributed by atoms with Crippen molar-refractivity contribution in [3.8, 4) is 5.75 Å². The molecule has 2 nitrogen and oxygen atoms in total. The first-order valence-corrected chi connectivity index (χ1v) is 8.32. The molecule has 0 atom stereocenters. The van der Waals surface area contributed by atoms with Crippen molar-refractivity contribution in [3.63, 3.8) is 0 Å². The molecule has 0 aliphatic rings. The van der Waals surface area contributed by atoms with E-state index >= 15 is 0 Å². The van der Waals surface area contributed by atoms with E-state index in [1.807, 2.05) is 72.8 Å². The summed E-state index contributed by atoms with van der Waals surface area (Å²) >= 11 is 6.76. The van der Waals surface area contributed by atoms with E-state index in [0.29, 0.717) is 10.8 Å². The summed E-state index contributed by atoms with van der Waals surface area (Å²) in [5.41, 5.74) is 3.86. The Morgan fingerprint density at radius 1 is 0.720 bits per heavy atom. The Balaban J connectivity index is 2.11. The van der Waals surface area contributed by atoms with E-state index in [1.54, 1.807) is 12.1 Å². The summed E-state index contributed by atoms with van der Waals surface area (Å²) in [6.45, 7) is 1.38. The van der Waals surface area contributed by atoms with Gasteiger partial charge in [-0.2, -0.15) is 0 Å². The second-order valence-corrected chi connectivity index (χ2v) is 5.92. The van der Waals surface area contributed by atoms with Gasteiger partial charge in [-0.05, 0) is 28.8 Å². The van der Waals surface area contributed by atoms with E-state index in [2.05, 4.69) is 0 Å². The number of esters is 1. The predicted octanol–water partition coefficient (Wildman–Crippen LogP) is 5.77. The van der Waals surface area contributed by atoms with E-state index in [0.717, 1.165) is 22.3 Å². The maximum absolute atomic E-state index is 11.1. The molecule has 0 aliphatic carbocycles. The van der Waals surface area contributed by atoms with Crippen LogP contribution in [0.3, 0.4) is 0 Å². The molecule has 3 rings (SSSR count). The van der Waals surface area contributed by atoms with E-state index in [1.165, 1.54) is 6.92 Å². The number of ether oxygens (including phenoxy) is 1. The highest BCUT2D eigenvalue weighted by molar-refractivity contribution is 6.53. The number of hydrogen-bond acceptors (Lipinski definition) is 2. The van der Waals surface area contributed by atoms with Gasteiger partial charge in [-0.3, -0.25) is 4.79 Å². The lowest BCUT2D eigenvalue weighted by Gasteiger charge is -2.13. The van der Waals surface area contributed by atoms with Crippen molar-refractivity contribution in [1.29, 1.82) is 0 Å². The van der Waals surface area contributed by atoms with Crippen LogP contribution >= 0.6 is 11.6 Å². The van der Waals surface area contributed by atoms with Crippen molar-refractivity contribution < 1.29 is 9.53 Å². The van der Waals surface area contributed by atoms with Gasteiger partial charge in [0.15, 0.2) is 0 Å². The average Bonchev–Trinajstić information content (AvgIpc) is 2.64. The Kier molecular flexibility index (Phi) is 5.32. The van der Waals surface area contributed by atoms with Crippen LogP contribution < -0.4 is 4.74 Å². The molecule has 124 valence electrons. The maximum Gasteiger partial charge on any atom is 0.308 e. The van der Waals surface area contributed by atoms with Gasteiger partial charge >= 0.3 is 5.97 Å². The number of rotatable bonds is 4. The number of hydrogen-bond donors (Lipinski definition) is 0. The molecule has 0 bridgehead atoms. The van der Waals surface area contributed by atoms with Crippen LogP contribution in [0.25, 0.3) is 10.6 Å². The highest BCUT2D eigenvalue weighted by atomic mass is 35.5. The summed E-state index contributed by atoms with van der Waals surface area (Å²) in [6, 6.07) is 27.2. The molecule has 0 aliphatic heterocycles. The summed E-state index contributed by atoms with van der Waals surface area (Å²) in [7, 11) is 0. The number of benzene rings is 3. The van der Waals surface area contributed by atoms with Gasteiger partial charge in [0.1, 0.15) is 5.75 Å². The standard InChI is InChI=1S/C22H17ClO2/c1-16(24)25-20-14-12-18(13-15-20)21(17-8-4-2-5-9-17)22(23)19-10-6-3-7-11-19/h2-15H,1H3. The monoisotopic (exact) mass is 348 g/mol. The second kappa shape index (κ2) is 7.82. The second-order valence-electron chi connectivity index (χ2n) is 5.54. The van der Waals surface area contributed by atoms with Crippen LogP contribution in [0.5, 0.6) is 5.75 Å². The first kappa shape index (κ1) is 17.0. The van der Waals surface area contributed by atoms with Crippen molar-refractivity contribution >= 4 is 28.2 Å². The molecule has 25 heavy (non-hydrogen) atoms. The van der Waals surface area contributed by atoms with Crippen molar-refractivity contribution in [2.24, 2.45) is 0 Å². The molecule has 0 fully saturated rings. The summed E-state index contributed by atoms with van der Waals surface area (Å²) < 4.78 is 5.11. The Morgan fingerprint density at radius 2 is 1.20 bits per heavy atom. The molecule has 0 saturated carbocycles. The molecule has 0 N–H and O–H groups in total. The molecule has 0 heterocycles. The van der Waals surface area contributed by atoms with Gasteiger partial charge in [-0.1, -0.05) is 84.4 Å². The molecule has 0 spiro atoms. The van der Waals surface area contributed by atoms with Crippen LogP contribution in [0.1, 0.15) is 23.6 Å². The molecule has 0 amide bonds. The van der Waals surface area contributed by atoms with E-state index in [9.17, 15) is 4.79 Å². The highest BCUT2D eigenvalue weighted by Crippen LogP contribution is 2.35. The topological polar surface area (TPSA) is 26.3 Å². The van der Waals surface area contributed by atoms with Crippen LogP contribution in [-0.2, 0) is 4.79 Å². The van der Waals surface area contributed by atoms with Crippen molar-refractivity contribution in [1.82, 2.24) is 0 Å². The van der Waals surface area contributed by atoms with Crippen LogP contribution in [0, 0.1) is 0 Å². The molecule has 0 saturated heterocycles. The predicted molar refractivity (Wildman–Crippen MR) is 102 cm³/mol. The highest BCUT2D eigenvalue weighted by Gasteiger charge is 2.12. The lowest BCUT2D eigenvalue weighted by atomic mass is 9.95. The zero-order valence-electron chi connectivity index (χ0n) is 13.8. The lowest BCUT2D eigenvalue weighted by Crippen LogP contribution is -2.01. The third-order valence-corrected chi connectivity index (χ3v) is 4.12. The van der Waals surface area contributed by atoms with Gasteiger partial charge < -0.3 is 4.74 Å². The fraction of sp³-hybridized carbons (Fsp3) is 0.0455. The number of carbonyl (C=O) groups excluding carboxylic acids is 1. The third kappa shape index (κ3) is 4.17. The quantitative estimate of drug-likeness (QED) is 0.340. The van der Waals surface area contributed by atoms with E-state index in [-0.39, 0.29) is 5.97 Å². The van der Waals surface area contributed by atoms with Crippen molar-refractivity contribution in [2.75, 3.05) is 0 Å². The van der Waals surface area contributed by atoms with Gasteiger partial charge in [0, 0.05) is 12.5 Å². The van der Waals surface area contributed by atoms with Crippen LogP contribution in [-0.4, -0.2) is 5.97 Å². The van der Waals surface area contributed by atoms with Gasteiger partial charge in [0.2, 0.25) is 0 Å². The molecule has 3 heteroatoms. The smallest absolute Gasteiger partial charge is 0.308 e. The molecule has 3 aromatic rings. The largest absolute Gasteiger partial charge is 0.427 e.